The molecule has 1 unspecified atom stereocenters. The number of fused-ring (bicyclic) bond motifs is 1. The zero-order valence-electron chi connectivity index (χ0n) is 21.8. The van der Waals surface area contributed by atoms with Gasteiger partial charge in [0, 0.05) is 36.1 Å². The van der Waals surface area contributed by atoms with E-state index >= 15 is 0 Å². The molecule has 0 spiro atoms. The second-order valence-corrected chi connectivity index (χ2v) is 9.43. The number of rotatable bonds is 9. The Morgan fingerprint density at radius 2 is 1.57 bits per heavy atom. The van der Waals surface area contributed by atoms with Gasteiger partial charge in [0.05, 0.1) is 11.0 Å². The van der Waals surface area contributed by atoms with Crippen molar-refractivity contribution in [2.45, 2.75) is 20.3 Å². The van der Waals surface area contributed by atoms with Crippen LogP contribution in [0.2, 0.25) is 0 Å². The number of imidazole rings is 1. The zero-order valence-corrected chi connectivity index (χ0v) is 21.8. The van der Waals surface area contributed by atoms with Crippen molar-refractivity contribution in [1.29, 1.82) is 0 Å². The summed E-state index contributed by atoms with van der Waals surface area (Å²) < 4.78 is 2.03. The molecule has 0 aliphatic carbocycles. The van der Waals surface area contributed by atoms with Gasteiger partial charge in [-0.25, -0.2) is 9.78 Å². The summed E-state index contributed by atoms with van der Waals surface area (Å²) in [5, 5.41) is 8.68. The maximum absolute atomic E-state index is 12.2. The van der Waals surface area contributed by atoms with Crippen molar-refractivity contribution in [2.24, 2.45) is 5.92 Å². The third kappa shape index (κ3) is 6.54. The van der Waals surface area contributed by atoms with Gasteiger partial charge < -0.3 is 20.9 Å². The molecule has 0 radical (unpaired) electrons. The van der Waals surface area contributed by atoms with Gasteiger partial charge in [-0.1, -0.05) is 32.0 Å². The number of nitrogens with zero attached hydrogens (tertiary/aromatic N) is 3. The molecular formula is C29H34N6O2. The Labute approximate surface area is 217 Å². The number of carbonyl (C=O) groups is 2. The van der Waals surface area contributed by atoms with E-state index in [0.717, 1.165) is 52.2 Å². The summed E-state index contributed by atoms with van der Waals surface area (Å²) in [6.07, 6.45) is 2.61. The molecule has 0 bridgehead atoms. The average Bonchev–Trinajstić information content (AvgIpc) is 3.32. The number of benzene rings is 3. The highest BCUT2D eigenvalue weighted by Crippen LogP contribution is 2.27. The van der Waals surface area contributed by atoms with Gasteiger partial charge in [-0.05, 0) is 80.2 Å². The predicted octanol–water partition coefficient (Wildman–Crippen LogP) is 5.36. The molecule has 1 atom stereocenters. The van der Waals surface area contributed by atoms with Crippen LogP contribution in [-0.2, 0) is 4.79 Å². The van der Waals surface area contributed by atoms with E-state index in [1.165, 1.54) is 0 Å². The minimum absolute atomic E-state index is 0.0224. The van der Waals surface area contributed by atoms with Crippen LogP contribution in [0.25, 0.3) is 27.8 Å². The molecule has 3 N–H and O–H groups in total. The number of nitrogens with one attached hydrogen (secondary N) is 3. The molecule has 8 nitrogen and oxygen atoms in total. The van der Waals surface area contributed by atoms with Crippen LogP contribution in [0.15, 0.2) is 73.1 Å². The second-order valence-electron chi connectivity index (χ2n) is 9.43. The van der Waals surface area contributed by atoms with E-state index in [0.29, 0.717) is 6.54 Å². The highest BCUT2D eigenvalue weighted by Gasteiger charge is 2.11. The van der Waals surface area contributed by atoms with E-state index in [-0.39, 0.29) is 17.9 Å². The first-order valence-electron chi connectivity index (χ1n) is 12.5. The molecule has 192 valence electrons. The molecule has 0 saturated heterocycles. The van der Waals surface area contributed by atoms with Gasteiger partial charge in [-0.3, -0.25) is 9.36 Å². The smallest absolute Gasteiger partial charge is 0.319 e. The molecule has 3 amide bonds. The fourth-order valence-corrected chi connectivity index (χ4v) is 3.86. The maximum Gasteiger partial charge on any atom is 0.319 e. The number of hydrogen-bond acceptors (Lipinski definition) is 4. The lowest BCUT2D eigenvalue weighted by Crippen LogP contribution is -2.34. The van der Waals surface area contributed by atoms with Crippen molar-refractivity contribution in [1.82, 2.24) is 19.8 Å². The van der Waals surface area contributed by atoms with E-state index < -0.39 is 0 Å². The topological polar surface area (TPSA) is 91.3 Å². The monoisotopic (exact) mass is 498 g/mol. The van der Waals surface area contributed by atoms with Crippen molar-refractivity contribution in [3.63, 3.8) is 0 Å². The van der Waals surface area contributed by atoms with Gasteiger partial charge in [0.1, 0.15) is 6.33 Å². The number of anilines is 2. The standard InChI is InChI=1S/C29H34N6O2/c1-5-20(2)28(36)32-23-11-13-25(14-12-23)35-19-31-26-15-8-22(18-27(26)35)21-6-9-24(10-7-21)33-29(37)30-16-17-34(3)4/h6-15,18-20H,5,16-17H2,1-4H3,(H,32,36)(H2,30,33,37). The number of likely N-dealkylation sites (N-methyl/N-ethyl adjacent to an activating group) is 1. The number of carbonyl (C=O) groups excluding carboxylic acids is 2. The SMILES string of the molecule is CCC(C)C(=O)Nc1ccc(-n2cnc3ccc(-c4ccc(NC(=O)NCCN(C)C)cc4)cc32)cc1. The van der Waals surface area contributed by atoms with Crippen LogP contribution < -0.4 is 16.0 Å². The van der Waals surface area contributed by atoms with Crippen LogP contribution in [0.5, 0.6) is 0 Å². The predicted molar refractivity (Wildman–Crippen MR) is 150 cm³/mol. The van der Waals surface area contributed by atoms with Gasteiger partial charge >= 0.3 is 6.03 Å². The van der Waals surface area contributed by atoms with Gasteiger partial charge in [0.25, 0.3) is 0 Å². The molecule has 8 heteroatoms. The fourth-order valence-electron chi connectivity index (χ4n) is 3.86. The Kier molecular flexibility index (Phi) is 8.20. The van der Waals surface area contributed by atoms with E-state index in [2.05, 4.69) is 27.0 Å². The first-order valence-corrected chi connectivity index (χ1v) is 12.5. The summed E-state index contributed by atoms with van der Waals surface area (Å²) in [6, 6.07) is 21.5. The molecule has 0 aliphatic heterocycles. The molecule has 3 aromatic carbocycles. The van der Waals surface area contributed by atoms with Crippen LogP contribution in [0.1, 0.15) is 20.3 Å². The lowest BCUT2D eigenvalue weighted by Gasteiger charge is -2.12. The Morgan fingerprint density at radius 3 is 2.24 bits per heavy atom. The lowest BCUT2D eigenvalue weighted by molar-refractivity contribution is -0.119. The Hall–Kier alpha value is -4.17. The molecule has 0 aliphatic rings. The summed E-state index contributed by atoms with van der Waals surface area (Å²) in [6.45, 7) is 5.29. The first-order chi connectivity index (χ1) is 17.8. The highest BCUT2D eigenvalue weighted by molar-refractivity contribution is 5.92. The Morgan fingerprint density at radius 1 is 0.919 bits per heavy atom. The average molecular weight is 499 g/mol. The molecule has 4 aromatic rings. The Balaban J connectivity index is 1.48. The van der Waals surface area contributed by atoms with E-state index in [1.807, 2.05) is 104 Å². The van der Waals surface area contributed by atoms with Gasteiger partial charge in [-0.15, -0.1) is 0 Å². The van der Waals surface area contributed by atoms with Crippen LogP contribution in [0.4, 0.5) is 16.2 Å². The summed E-state index contributed by atoms with van der Waals surface area (Å²) in [4.78, 5) is 30.8. The van der Waals surface area contributed by atoms with Crippen molar-refractivity contribution in [2.75, 3.05) is 37.8 Å². The van der Waals surface area contributed by atoms with Gasteiger partial charge in [-0.2, -0.15) is 0 Å². The first kappa shape index (κ1) is 25.9. The van der Waals surface area contributed by atoms with Crippen LogP contribution in [0.3, 0.4) is 0 Å². The third-order valence-electron chi connectivity index (χ3n) is 6.34. The van der Waals surface area contributed by atoms with Gasteiger partial charge in [0.15, 0.2) is 0 Å². The van der Waals surface area contributed by atoms with Crippen molar-refractivity contribution < 1.29 is 9.59 Å². The van der Waals surface area contributed by atoms with Crippen molar-refractivity contribution >= 4 is 34.3 Å². The normalized spacial score (nSPS) is 11.9. The third-order valence-corrected chi connectivity index (χ3v) is 6.34. The molecular weight excluding hydrogens is 464 g/mol. The maximum atomic E-state index is 12.2. The molecule has 0 saturated carbocycles. The summed E-state index contributed by atoms with van der Waals surface area (Å²) >= 11 is 0. The van der Waals surface area contributed by atoms with Crippen molar-refractivity contribution in [3.8, 4) is 16.8 Å². The summed E-state index contributed by atoms with van der Waals surface area (Å²) in [5.74, 6) is 0.00456. The Bertz CT molecular complexity index is 1360. The number of aromatic nitrogens is 2. The van der Waals surface area contributed by atoms with E-state index in [1.54, 1.807) is 0 Å². The minimum Gasteiger partial charge on any atom is -0.337 e. The zero-order chi connectivity index (χ0) is 26.4. The highest BCUT2D eigenvalue weighted by atomic mass is 16.2. The lowest BCUT2D eigenvalue weighted by atomic mass is 10.0. The largest absolute Gasteiger partial charge is 0.337 e. The summed E-state index contributed by atoms with van der Waals surface area (Å²) in [7, 11) is 3.93. The minimum atomic E-state index is -0.217. The number of amides is 3. The second kappa shape index (κ2) is 11.7. The number of urea groups is 1. The summed E-state index contributed by atoms with van der Waals surface area (Å²) in [5.41, 5.74) is 6.44. The van der Waals surface area contributed by atoms with Crippen molar-refractivity contribution in [3.05, 3.63) is 73.1 Å². The van der Waals surface area contributed by atoms with E-state index in [4.69, 9.17) is 0 Å². The van der Waals surface area contributed by atoms with E-state index in [9.17, 15) is 9.59 Å². The quantitative estimate of drug-likeness (QED) is 0.290. The molecule has 4 rings (SSSR count). The molecule has 37 heavy (non-hydrogen) atoms. The van der Waals surface area contributed by atoms with Gasteiger partial charge in [0.2, 0.25) is 5.91 Å². The molecule has 0 fully saturated rings. The molecule has 1 heterocycles. The van der Waals surface area contributed by atoms with Crippen LogP contribution >= 0.6 is 0 Å². The number of hydrogen-bond donors (Lipinski definition) is 3. The molecule has 1 aromatic heterocycles. The van der Waals surface area contributed by atoms with Crippen LogP contribution in [0, 0.1) is 5.92 Å². The van der Waals surface area contributed by atoms with Crippen LogP contribution in [-0.4, -0.2) is 53.6 Å². The fraction of sp³-hybridized carbons (Fsp3) is 0.276.